The van der Waals surface area contributed by atoms with Gasteiger partial charge in [-0.25, -0.2) is 0 Å². The molecule has 162 valence electrons. The van der Waals surface area contributed by atoms with Gasteiger partial charge in [0.05, 0.1) is 13.4 Å². The average Bonchev–Trinajstić information content (AvgIpc) is 3.23. The molecule has 32 heavy (non-hydrogen) atoms. The second kappa shape index (κ2) is 9.33. The lowest BCUT2D eigenvalue weighted by atomic mass is 9.96. The van der Waals surface area contributed by atoms with Gasteiger partial charge < -0.3 is 14.5 Å². The molecular formula is C27H24ClNO3. The number of allylic oxidation sites excluding steroid dienone is 1. The van der Waals surface area contributed by atoms with Gasteiger partial charge in [-0.05, 0) is 42.7 Å². The van der Waals surface area contributed by atoms with Gasteiger partial charge in [0.1, 0.15) is 11.3 Å². The van der Waals surface area contributed by atoms with Crippen LogP contribution in [0.3, 0.4) is 0 Å². The minimum absolute atomic E-state index is 0.197. The molecule has 0 aliphatic heterocycles. The summed E-state index contributed by atoms with van der Waals surface area (Å²) < 4.78 is 11.6. The lowest BCUT2D eigenvalue weighted by Gasteiger charge is -2.13. The van der Waals surface area contributed by atoms with Crippen molar-refractivity contribution in [2.45, 2.75) is 20.4 Å². The number of carbonyl (C=O) groups excluding carboxylic acids is 1. The first-order chi connectivity index (χ1) is 15.5. The number of hydrogen-bond donors (Lipinski definition) is 1. The van der Waals surface area contributed by atoms with Gasteiger partial charge in [-0.3, -0.25) is 4.79 Å². The van der Waals surface area contributed by atoms with E-state index in [1.807, 2.05) is 74.5 Å². The summed E-state index contributed by atoms with van der Waals surface area (Å²) in [6.45, 7) is 4.23. The van der Waals surface area contributed by atoms with Crippen LogP contribution in [-0.4, -0.2) is 13.0 Å². The number of halogens is 1. The van der Waals surface area contributed by atoms with Crippen LogP contribution in [0.2, 0.25) is 5.02 Å². The fourth-order valence-corrected chi connectivity index (χ4v) is 4.07. The highest BCUT2D eigenvalue weighted by molar-refractivity contribution is 6.31. The highest BCUT2D eigenvalue weighted by atomic mass is 35.5. The van der Waals surface area contributed by atoms with Crippen molar-refractivity contribution < 1.29 is 13.9 Å². The summed E-state index contributed by atoms with van der Waals surface area (Å²) in [6.07, 6.45) is 3.35. The molecule has 0 aliphatic rings. The molecule has 0 spiro atoms. The number of ether oxygens (including phenoxy) is 1. The van der Waals surface area contributed by atoms with Crippen molar-refractivity contribution in [2.75, 3.05) is 7.11 Å². The summed E-state index contributed by atoms with van der Waals surface area (Å²) in [5.74, 6) is 0.497. The summed E-state index contributed by atoms with van der Waals surface area (Å²) >= 11 is 6.18. The third-order valence-corrected chi connectivity index (χ3v) is 5.88. The Kier molecular flexibility index (Phi) is 6.33. The van der Waals surface area contributed by atoms with Gasteiger partial charge >= 0.3 is 0 Å². The van der Waals surface area contributed by atoms with E-state index in [0.717, 1.165) is 44.4 Å². The van der Waals surface area contributed by atoms with Crippen molar-refractivity contribution in [3.63, 3.8) is 0 Å². The van der Waals surface area contributed by atoms with Crippen molar-refractivity contribution in [2.24, 2.45) is 0 Å². The Hall–Kier alpha value is -3.50. The van der Waals surface area contributed by atoms with Crippen LogP contribution in [0.5, 0.6) is 5.75 Å². The molecule has 1 amide bonds. The van der Waals surface area contributed by atoms with Crippen LogP contribution in [0, 0.1) is 6.92 Å². The van der Waals surface area contributed by atoms with E-state index in [0.29, 0.717) is 17.3 Å². The zero-order valence-electron chi connectivity index (χ0n) is 18.2. The van der Waals surface area contributed by atoms with E-state index in [1.54, 1.807) is 19.4 Å². The van der Waals surface area contributed by atoms with Crippen LogP contribution >= 0.6 is 11.6 Å². The molecule has 0 radical (unpaired) electrons. The number of fused-ring (bicyclic) bond motifs is 1. The van der Waals surface area contributed by atoms with Gasteiger partial charge in [-0.1, -0.05) is 60.1 Å². The van der Waals surface area contributed by atoms with E-state index in [9.17, 15) is 4.79 Å². The van der Waals surface area contributed by atoms with Gasteiger partial charge in [0, 0.05) is 39.7 Å². The van der Waals surface area contributed by atoms with Gasteiger partial charge in [0.25, 0.3) is 0 Å². The first-order valence-corrected chi connectivity index (χ1v) is 10.7. The number of benzene rings is 3. The van der Waals surface area contributed by atoms with Crippen LogP contribution in [0.25, 0.3) is 27.7 Å². The van der Waals surface area contributed by atoms with Crippen LogP contribution in [0.15, 0.2) is 77.4 Å². The molecule has 1 N–H and O–H groups in total. The fraction of sp³-hybridized carbons (Fsp3) is 0.148. The molecule has 0 aliphatic carbocycles. The zero-order chi connectivity index (χ0) is 22.7. The summed E-state index contributed by atoms with van der Waals surface area (Å²) in [5, 5.41) is 4.51. The largest absolute Gasteiger partial charge is 0.496 e. The standard InChI is InChI=1S/C27H24ClNO3/c1-17(13-25(30)29-15-20-11-7-8-12-24(20)28)21-14-22-23(19-9-5-4-6-10-19)16-32-27(22)18(2)26(21)31-3/h4-14,16H,15H2,1-3H3,(H,29,30)/b17-13+. The summed E-state index contributed by atoms with van der Waals surface area (Å²) in [6, 6.07) is 19.6. The third kappa shape index (κ3) is 4.27. The number of methoxy groups -OCH3 is 1. The molecule has 0 fully saturated rings. The van der Waals surface area contributed by atoms with E-state index in [2.05, 4.69) is 5.32 Å². The van der Waals surface area contributed by atoms with Crippen molar-refractivity contribution in [1.29, 1.82) is 0 Å². The number of aryl methyl sites for hydroxylation is 1. The maximum Gasteiger partial charge on any atom is 0.244 e. The summed E-state index contributed by atoms with van der Waals surface area (Å²) in [4.78, 5) is 12.6. The molecule has 0 unspecified atom stereocenters. The topological polar surface area (TPSA) is 51.5 Å². The maximum absolute atomic E-state index is 12.6. The molecule has 0 bridgehead atoms. The quantitative estimate of drug-likeness (QED) is 0.332. The first-order valence-electron chi connectivity index (χ1n) is 10.3. The first kappa shape index (κ1) is 21.7. The second-order valence-corrected chi connectivity index (χ2v) is 8.02. The van der Waals surface area contributed by atoms with Gasteiger partial charge in [0.15, 0.2) is 0 Å². The van der Waals surface area contributed by atoms with Crippen LogP contribution in [0.1, 0.15) is 23.6 Å². The van der Waals surface area contributed by atoms with Crippen LogP contribution in [0.4, 0.5) is 0 Å². The summed E-state index contributed by atoms with van der Waals surface area (Å²) in [7, 11) is 1.63. The van der Waals surface area contributed by atoms with E-state index in [4.69, 9.17) is 20.8 Å². The second-order valence-electron chi connectivity index (χ2n) is 7.61. The predicted molar refractivity (Wildman–Crippen MR) is 130 cm³/mol. The molecule has 4 rings (SSSR count). The molecule has 4 aromatic rings. The minimum atomic E-state index is -0.197. The maximum atomic E-state index is 12.6. The van der Waals surface area contributed by atoms with Gasteiger partial charge in [-0.2, -0.15) is 0 Å². The van der Waals surface area contributed by atoms with E-state index in [1.165, 1.54) is 0 Å². The van der Waals surface area contributed by atoms with Crippen LogP contribution in [-0.2, 0) is 11.3 Å². The molecule has 3 aromatic carbocycles. The molecule has 1 heterocycles. The number of nitrogens with one attached hydrogen (secondary N) is 1. The smallest absolute Gasteiger partial charge is 0.244 e. The SMILES string of the molecule is COc1c(/C(C)=C/C(=O)NCc2ccccc2Cl)cc2c(-c3ccccc3)coc2c1C. The minimum Gasteiger partial charge on any atom is -0.496 e. The normalized spacial score (nSPS) is 11.6. The molecule has 4 nitrogen and oxygen atoms in total. The molecule has 0 saturated heterocycles. The molecule has 1 aromatic heterocycles. The van der Waals surface area contributed by atoms with Crippen molar-refractivity contribution in [3.8, 4) is 16.9 Å². The number of carbonyl (C=O) groups is 1. The Labute approximate surface area is 192 Å². The Morgan fingerprint density at radius 3 is 2.56 bits per heavy atom. The van der Waals surface area contributed by atoms with Gasteiger partial charge in [-0.15, -0.1) is 0 Å². The highest BCUT2D eigenvalue weighted by Crippen LogP contribution is 2.40. The molecule has 0 saturated carbocycles. The zero-order valence-corrected chi connectivity index (χ0v) is 19.0. The van der Waals surface area contributed by atoms with E-state index < -0.39 is 0 Å². The van der Waals surface area contributed by atoms with Gasteiger partial charge in [0.2, 0.25) is 5.91 Å². The molecule has 0 atom stereocenters. The monoisotopic (exact) mass is 445 g/mol. The Balaban J connectivity index is 1.69. The van der Waals surface area contributed by atoms with Crippen LogP contribution < -0.4 is 10.1 Å². The number of hydrogen-bond acceptors (Lipinski definition) is 3. The lowest BCUT2D eigenvalue weighted by molar-refractivity contribution is -0.116. The number of rotatable bonds is 6. The number of furan rings is 1. The number of amides is 1. The van der Waals surface area contributed by atoms with E-state index >= 15 is 0 Å². The highest BCUT2D eigenvalue weighted by Gasteiger charge is 2.18. The Bertz CT molecular complexity index is 1310. The van der Waals surface area contributed by atoms with Crippen molar-refractivity contribution in [3.05, 3.63) is 94.7 Å². The predicted octanol–water partition coefficient (Wildman–Crippen LogP) is 6.79. The Morgan fingerprint density at radius 2 is 1.84 bits per heavy atom. The van der Waals surface area contributed by atoms with Crippen molar-refractivity contribution >= 4 is 34.1 Å². The molecular weight excluding hydrogens is 422 g/mol. The summed E-state index contributed by atoms with van der Waals surface area (Å²) in [5.41, 5.74) is 6.26. The fourth-order valence-electron chi connectivity index (χ4n) is 3.86. The molecule has 5 heteroatoms. The van der Waals surface area contributed by atoms with E-state index in [-0.39, 0.29) is 5.91 Å². The lowest BCUT2D eigenvalue weighted by Crippen LogP contribution is -2.20. The third-order valence-electron chi connectivity index (χ3n) is 5.52. The Morgan fingerprint density at radius 1 is 1.12 bits per heavy atom. The average molecular weight is 446 g/mol. The van der Waals surface area contributed by atoms with Crippen molar-refractivity contribution in [1.82, 2.24) is 5.32 Å².